The highest BCUT2D eigenvalue weighted by atomic mass is 19.4. The number of rotatable bonds is 4. The second-order valence-electron chi connectivity index (χ2n) is 5.02. The Morgan fingerprint density at radius 3 is 2.35 bits per heavy atom. The molecule has 0 amide bonds. The van der Waals surface area contributed by atoms with E-state index in [-0.39, 0.29) is 6.61 Å². The highest BCUT2D eigenvalue weighted by molar-refractivity contribution is 5.59. The molecule has 1 fully saturated rings. The van der Waals surface area contributed by atoms with Crippen LogP contribution in [0.15, 0.2) is 29.4 Å². The summed E-state index contributed by atoms with van der Waals surface area (Å²) in [6.07, 6.45) is 4.50. The Morgan fingerprint density at radius 1 is 1.10 bits per heavy atom. The molecule has 0 unspecified atom stereocenters. The van der Waals surface area contributed by atoms with Gasteiger partial charge >= 0.3 is 6.18 Å². The quantitative estimate of drug-likeness (QED) is 0.582. The van der Waals surface area contributed by atoms with E-state index in [4.69, 9.17) is 4.84 Å². The summed E-state index contributed by atoms with van der Waals surface area (Å²) in [4.78, 5) is 5.08. The van der Waals surface area contributed by atoms with Crippen LogP contribution in [0.4, 0.5) is 13.2 Å². The summed E-state index contributed by atoms with van der Waals surface area (Å²) in [5.74, 6) is 0.358. The van der Waals surface area contributed by atoms with Crippen LogP contribution < -0.4 is 0 Å². The van der Waals surface area contributed by atoms with Crippen LogP contribution in [0.25, 0.3) is 0 Å². The summed E-state index contributed by atoms with van der Waals surface area (Å²) in [7, 11) is 0. The maximum Gasteiger partial charge on any atom is 0.416 e. The van der Waals surface area contributed by atoms with Gasteiger partial charge in [0.15, 0.2) is 0 Å². The largest absolute Gasteiger partial charge is 0.416 e. The summed E-state index contributed by atoms with van der Waals surface area (Å²) in [5, 5.41) is 3.79. The molecule has 1 saturated carbocycles. The fourth-order valence-electron chi connectivity index (χ4n) is 2.24. The molecule has 1 aromatic rings. The first-order chi connectivity index (χ1) is 9.55. The van der Waals surface area contributed by atoms with Gasteiger partial charge in [0.05, 0.1) is 5.56 Å². The third-order valence-electron chi connectivity index (χ3n) is 3.42. The summed E-state index contributed by atoms with van der Waals surface area (Å²) in [5.41, 5.74) is 0.00529. The molecule has 2 rings (SSSR count). The van der Waals surface area contributed by atoms with Crippen LogP contribution >= 0.6 is 0 Å². The molecule has 0 aromatic heterocycles. The summed E-state index contributed by atoms with van der Waals surface area (Å²) in [6, 6.07) is 4.90. The van der Waals surface area contributed by atoms with E-state index in [1.165, 1.54) is 31.4 Å². The van der Waals surface area contributed by atoms with E-state index < -0.39 is 11.7 Å². The Balaban J connectivity index is 1.77. The van der Waals surface area contributed by atoms with Crippen molar-refractivity contribution < 1.29 is 18.0 Å². The van der Waals surface area contributed by atoms with E-state index in [9.17, 15) is 13.2 Å². The lowest BCUT2D eigenvalue weighted by atomic mass is 9.90. The number of benzene rings is 1. The number of alkyl halides is 3. The lowest BCUT2D eigenvalue weighted by Gasteiger charge is -2.15. The molecule has 0 bridgehead atoms. The van der Waals surface area contributed by atoms with Crippen LogP contribution in [-0.2, 0) is 17.6 Å². The maximum absolute atomic E-state index is 12.4. The molecule has 0 heterocycles. The molecule has 0 N–H and O–H groups in total. The molecule has 109 valence electrons. The number of hydrogen-bond donors (Lipinski definition) is 0. The van der Waals surface area contributed by atoms with Gasteiger partial charge in [0.2, 0.25) is 0 Å². The van der Waals surface area contributed by atoms with Gasteiger partial charge in [-0.25, -0.2) is 0 Å². The zero-order valence-corrected chi connectivity index (χ0v) is 11.1. The van der Waals surface area contributed by atoms with Crippen molar-refractivity contribution in [2.24, 2.45) is 11.1 Å². The van der Waals surface area contributed by atoms with Crippen molar-refractivity contribution in [1.82, 2.24) is 0 Å². The van der Waals surface area contributed by atoms with Gasteiger partial charge in [-0.15, -0.1) is 0 Å². The van der Waals surface area contributed by atoms with Crippen molar-refractivity contribution in [2.45, 2.75) is 44.9 Å². The van der Waals surface area contributed by atoms with Crippen LogP contribution in [0.3, 0.4) is 0 Å². The smallest absolute Gasteiger partial charge is 0.391 e. The van der Waals surface area contributed by atoms with Gasteiger partial charge in [-0.1, -0.05) is 36.6 Å². The molecule has 1 aromatic carbocycles. The van der Waals surface area contributed by atoms with Gasteiger partial charge in [-0.2, -0.15) is 13.2 Å². The first-order valence-electron chi connectivity index (χ1n) is 6.79. The molecule has 2 nitrogen and oxygen atoms in total. The van der Waals surface area contributed by atoms with E-state index in [0.717, 1.165) is 25.0 Å². The molecule has 1 aliphatic rings. The average molecular weight is 284 g/mol. The van der Waals surface area contributed by atoms with E-state index in [1.807, 2.05) is 0 Å². The molecule has 0 spiro atoms. The Bertz CT molecular complexity index is 433. The van der Waals surface area contributed by atoms with Crippen LogP contribution in [0.1, 0.15) is 43.2 Å². The predicted octanol–water partition coefficient (Wildman–Crippen LogP) is 4.67. The van der Waals surface area contributed by atoms with Gasteiger partial charge < -0.3 is 4.84 Å². The van der Waals surface area contributed by atoms with Crippen LogP contribution in [0.2, 0.25) is 0 Å². The third-order valence-corrected chi connectivity index (χ3v) is 3.42. The molecular weight excluding hydrogens is 267 g/mol. The second kappa shape index (κ2) is 6.77. The Labute approximate surface area is 116 Å². The minimum Gasteiger partial charge on any atom is -0.391 e. The van der Waals surface area contributed by atoms with Crippen LogP contribution in [-0.4, -0.2) is 6.21 Å². The molecular formula is C15H17F3NO. The molecule has 0 saturated heterocycles. The minimum absolute atomic E-state index is 0.165. The lowest BCUT2D eigenvalue weighted by molar-refractivity contribution is -0.137. The maximum atomic E-state index is 12.4. The fourth-order valence-corrected chi connectivity index (χ4v) is 2.24. The van der Waals surface area contributed by atoms with Crippen molar-refractivity contribution in [3.8, 4) is 0 Å². The average Bonchev–Trinajstić information content (AvgIpc) is 2.44. The third kappa shape index (κ3) is 4.54. The van der Waals surface area contributed by atoms with E-state index in [2.05, 4.69) is 11.4 Å². The van der Waals surface area contributed by atoms with E-state index >= 15 is 0 Å². The van der Waals surface area contributed by atoms with Gasteiger partial charge in [-0.05, 0) is 30.5 Å². The predicted molar refractivity (Wildman–Crippen MR) is 70.2 cm³/mol. The van der Waals surface area contributed by atoms with E-state index in [1.54, 1.807) is 0 Å². The fraction of sp³-hybridized carbons (Fsp3) is 0.533. The first kappa shape index (κ1) is 14.9. The molecule has 20 heavy (non-hydrogen) atoms. The summed E-state index contributed by atoms with van der Waals surface area (Å²) >= 11 is 0. The van der Waals surface area contributed by atoms with Crippen molar-refractivity contribution >= 4 is 6.21 Å². The van der Waals surface area contributed by atoms with Gasteiger partial charge in [0, 0.05) is 5.92 Å². The second-order valence-corrected chi connectivity index (χ2v) is 5.02. The van der Waals surface area contributed by atoms with Gasteiger partial charge in [-0.3, -0.25) is 0 Å². The standard InChI is InChI=1S/C15H17F3NO/c16-15(17,18)14-8-6-13(7-9-14)11-20-19-10-12-4-2-1-3-5-12/h6-9,12H,1-5,11H2. The molecule has 5 heteroatoms. The van der Waals surface area contributed by atoms with Gasteiger partial charge in [0.25, 0.3) is 0 Å². The SMILES string of the molecule is FC(F)(F)c1ccc(CO/N=[C]\C2CCCCC2)cc1. The zero-order valence-electron chi connectivity index (χ0n) is 11.1. The minimum atomic E-state index is -4.30. The topological polar surface area (TPSA) is 21.6 Å². The first-order valence-corrected chi connectivity index (χ1v) is 6.79. The highest BCUT2D eigenvalue weighted by Gasteiger charge is 2.29. The van der Waals surface area contributed by atoms with Crippen molar-refractivity contribution in [3.05, 3.63) is 35.4 Å². The lowest BCUT2D eigenvalue weighted by Crippen LogP contribution is -2.07. The van der Waals surface area contributed by atoms with Crippen LogP contribution in [0, 0.1) is 5.92 Å². The van der Waals surface area contributed by atoms with Gasteiger partial charge in [0.1, 0.15) is 12.8 Å². The Hall–Kier alpha value is -1.52. The normalized spacial score (nSPS) is 17.6. The molecule has 0 atom stereocenters. The molecule has 1 aliphatic carbocycles. The Kier molecular flexibility index (Phi) is 5.04. The van der Waals surface area contributed by atoms with Crippen LogP contribution in [0.5, 0.6) is 0 Å². The monoisotopic (exact) mass is 284 g/mol. The molecule has 0 aliphatic heterocycles. The van der Waals surface area contributed by atoms with E-state index in [0.29, 0.717) is 11.5 Å². The Morgan fingerprint density at radius 2 is 1.75 bits per heavy atom. The number of hydrogen-bond acceptors (Lipinski definition) is 2. The highest BCUT2D eigenvalue weighted by Crippen LogP contribution is 2.29. The number of nitrogens with zero attached hydrogens (tertiary/aromatic N) is 1. The summed E-state index contributed by atoms with van der Waals surface area (Å²) in [6.45, 7) is 0.165. The molecule has 1 radical (unpaired) electrons. The van der Waals surface area contributed by atoms with Crippen molar-refractivity contribution in [2.75, 3.05) is 0 Å². The van der Waals surface area contributed by atoms with Crippen molar-refractivity contribution in [1.29, 1.82) is 0 Å². The zero-order chi connectivity index (χ0) is 14.4. The summed E-state index contributed by atoms with van der Waals surface area (Å²) < 4.78 is 37.1. The van der Waals surface area contributed by atoms with Crippen molar-refractivity contribution in [3.63, 3.8) is 0 Å². The number of halogens is 3.